The maximum Gasteiger partial charge on any atom is 0.188 e. The van der Waals surface area contributed by atoms with Gasteiger partial charge in [-0.25, -0.2) is 0 Å². The number of nitrogens with zero attached hydrogens (tertiary/aromatic N) is 2. The van der Waals surface area contributed by atoms with Crippen molar-refractivity contribution in [1.29, 1.82) is 0 Å². The van der Waals surface area contributed by atoms with Crippen LogP contribution in [-0.4, -0.2) is 56.8 Å². The highest BCUT2D eigenvalue weighted by molar-refractivity contribution is 5.77. The molecule has 0 amide bonds. The van der Waals surface area contributed by atoms with Crippen LogP contribution in [0.15, 0.2) is 4.99 Å². The molecule has 0 saturated carbocycles. The number of likely N-dealkylation sites (N-methyl/N-ethyl adjacent to an activating group) is 1. The minimum Gasteiger partial charge on any atom is -0.374 e. The number of hydrogen-bond acceptors (Lipinski definition) is 3. The van der Waals surface area contributed by atoms with E-state index < -0.39 is 0 Å². The average Bonchev–Trinajstić information content (AvgIpc) is 2.23. The second-order valence-corrected chi connectivity index (χ2v) is 4.76. The third-order valence-electron chi connectivity index (χ3n) is 2.48. The first-order valence-corrected chi connectivity index (χ1v) is 5.92. The van der Waals surface area contributed by atoms with Crippen molar-refractivity contribution < 1.29 is 4.74 Å². The van der Waals surface area contributed by atoms with E-state index in [1.165, 1.54) is 0 Å². The predicted molar refractivity (Wildman–Crippen MR) is 66.6 cm³/mol. The molecule has 94 valence electrons. The Bertz CT molecular complexity index is 230. The van der Waals surface area contributed by atoms with Crippen LogP contribution >= 0.6 is 0 Å². The van der Waals surface area contributed by atoms with E-state index in [9.17, 15) is 0 Å². The van der Waals surface area contributed by atoms with Gasteiger partial charge in [-0.2, -0.15) is 0 Å². The summed E-state index contributed by atoms with van der Waals surface area (Å²) >= 11 is 0. The second kappa shape index (κ2) is 6.70. The minimum atomic E-state index is 0.214. The fraction of sp³-hybridized carbons (Fsp3) is 0.909. The molecule has 1 atom stereocenters. The molecule has 1 saturated heterocycles. The predicted octanol–water partition coefficient (Wildman–Crippen LogP) is -0.123. The van der Waals surface area contributed by atoms with Gasteiger partial charge in [-0.15, -0.1) is 0 Å². The molecule has 3 N–H and O–H groups in total. The molecule has 1 unspecified atom stereocenters. The number of guanidine groups is 1. The van der Waals surface area contributed by atoms with Gasteiger partial charge in [0.1, 0.15) is 0 Å². The van der Waals surface area contributed by atoms with Crippen LogP contribution in [0, 0.1) is 5.92 Å². The Hall–Kier alpha value is -0.810. The normalized spacial score (nSPS) is 23.8. The van der Waals surface area contributed by atoms with Crippen molar-refractivity contribution in [2.45, 2.75) is 20.0 Å². The number of rotatable bonds is 4. The van der Waals surface area contributed by atoms with Gasteiger partial charge < -0.3 is 20.7 Å². The molecule has 0 aromatic rings. The Morgan fingerprint density at radius 3 is 3.00 bits per heavy atom. The maximum absolute atomic E-state index is 5.74. The monoisotopic (exact) mass is 228 g/mol. The average molecular weight is 228 g/mol. The van der Waals surface area contributed by atoms with E-state index in [1.54, 1.807) is 0 Å². The SMILES string of the molecule is CC(C)CN=C(N)NCC1CN(C)CCO1. The fourth-order valence-electron chi connectivity index (χ4n) is 1.55. The molecule has 16 heavy (non-hydrogen) atoms. The molecular weight excluding hydrogens is 204 g/mol. The first kappa shape index (κ1) is 13.3. The molecule has 0 spiro atoms. The Morgan fingerprint density at radius 1 is 1.62 bits per heavy atom. The van der Waals surface area contributed by atoms with Gasteiger partial charge in [-0.1, -0.05) is 13.8 Å². The van der Waals surface area contributed by atoms with Gasteiger partial charge in [-0.05, 0) is 13.0 Å². The second-order valence-electron chi connectivity index (χ2n) is 4.76. The Balaban J connectivity index is 2.20. The molecule has 1 fully saturated rings. The number of nitrogens with one attached hydrogen (secondary N) is 1. The summed E-state index contributed by atoms with van der Waals surface area (Å²) < 4.78 is 5.61. The minimum absolute atomic E-state index is 0.214. The summed E-state index contributed by atoms with van der Waals surface area (Å²) in [4.78, 5) is 6.50. The summed E-state index contributed by atoms with van der Waals surface area (Å²) in [6.07, 6.45) is 0.214. The van der Waals surface area contributed by atoms with Crippen LogP contribution in [0.3, 0.4) is 0 Å². The molecule has 5 heteroatoms. The first-order chi connectivity index (χ1) is 7.58. The highest BCUT2D eigenvalue weighted by Gasteiger charge is 2.17. The summed E-state index contributed by atoms with van der Waals surface area (Å²) in [5.41, 5.74) is 5.74. The Labute approximate surface area is 98.0 Å². The zero-order valence-electron chi connectivity index (χ0n) is 10.6. The van der Waals surface area contributed by atoms with Crippen LogP contribution in [-0.2, 0) is 4.74 Å². The molecule has 0 aromatic carbocycles. The summed E-state index contributed by atoms with van der Waals surface area (Å²) in [5.74, 6) is 1.06. The van der Waals surface area contributed by atoms with Crippen molar-refractivity contribution in [1.82, 2.24) is 10.2 Å². The Kier molecular flexibility index (Phi) is 5.55. The van der Waals surface area contributed by atoms with Crippen molar-refractivity contribution in [3.63, 3.8) is 0 Å². The van der Waals surface area contributed by atoms with Crippen molar-refractivity contribution in [2.75, 3.05) is 39.8 Å². The standard InChI is InChI=1S/C11H24N4O/c1-9(2)6-13-11(12)14-7-10-8-15(3)4-5-16-10/h9-10H,4-8H2,1-3H3,(H3,12,13,14). The topological polar surface area (TPSA) is 62.9 Å². The van der Waals surface area contributed by atoms with E-state index in [0.717, 1.165) is 32.8 Å². The lowest BCUT2D eigenvalue weighted by atomic mass is 10.2. The fourth-order valence-corrected chi connectivity index (χ4v) is 1.55. The van der Waals surface area contributed by atoms with Crippen LogP contribution < -0.4 is 11.1 Å². The maximum atomic E-state index is 5.74. The number of hydrogen-bond donors (Lipinski definition) is 2. The molecular formula is C11H24N4O. The van der Waals surface area contributed by atoms with E-state index in [2.05, 4.69) is 36.1 Å². The van der Waals surface area contributed by atoms with Crippen molar-refractivity contribution in [3.8, 4) is 0 Å². The summed E-state index contributed by atoms with van der Waals surface area (Å²) in [7, 11) is 2.10. The lowest BCUT2D eigenvalue weighted by Gasteiger charge is -2.30. The smallest absolute Gasteiger partial charge is 0.188 e. The van der Waals surface area contributed by atoms with Gasteiger partial charge in [0.15, 0.2) is 5.96 Å². The molecule has 0 radical (unpaired) electrons. The van der Waals surface area contributed by atoms with Crippen LogP contribution in [0.25, 0.3) is 0 Å². The molecule has 1 heterocycles. The quantitative estimate of drug-likeness (QED) is 0.520. The molecule has 0 bridgehead atoms. The van der Waals surface area contributed by atoms with Gasteiger partial charge >= 0.3 is 0 Å². The third-order valence-corrected chi connectivity index (χ3v) is 2.48. The largest absolute Gasteiger partial charge is 0.374 e. The summed E-state index contributed by atoms with van der Waals surface area (Å²) in [6.45, 7) is 8.50. The van der Waals surface area contributed by atoms with E-state index in [0.29, 0.717) is 11.9 Å². The molecule has 0 aliphatic carbocycles. The summed E-state index contributed by atoms with van der Waals surface area (Å²) in [6, 6.07) is 0. The zero-order chi connectivity index (χ0) is 12.0. The zero-order valence-corrected chi connectivity index (χ0v) is 10.6. The first-order valence-electron chi connectivity index (χ1n) is 5.92. The van der Waals surface area contributed by atoms with Gasteiger partial charge in [0.25, 0.3) is 0 Å². The third kappa shape index (κ3) is 5.32. The van der Waals surface area contributed by atoms with Gasteiger partial charge in [-0.3, -0.25) is 4.99 Å². The van der Waals surface area contributed by atoms with Crippen LogP contribution in [0.5, 0.6) is 0 Å². The molecule has 1 rings (SSSR count). The lowest BCUT2D eigenvalue weighted by Crippen LogP contribution is -2.47. The van der Waals surface area contributed by atoms with Crippen LogP contribution in [0.2, 0.25) is 0 Å². The van der Waals surface area contributed by atoms with Crippen molar-refractivity contribution in [3.05, 3.63) is 0 Å². The number of morpholine rings is 1. The van der Waals surface area contributed by atoms with Gasteiger partial charge in [0.2, 0.25) is 0 Å². The molecule has 1 aliphatic rings. The van der Waals surface area contributed by atoms with E-state index in [4.69, 9.17) is 10.5 Å². The number of aliphatic imine (C=N–C) groups is 1. The summed E-state index contributed by atoms with van der Waals surface area (Å²) in [5, 5.41) is 3.10. The highest BCUT2D eigenvalue weighted by Crippen LogP contribution is 2.01. The molecule has 5 nitrogen and oxygen atoms in total. The van der Waals surface area contributed by atoms with Gasteiger partial charge in [0.05, 0.1) is 12.7 Å². The van der Waals surface area contributed by atoms with Crippen molar-refractivity contribution in [2.24, 2.45) is 16.6 Å². The van der Waals surface area contributed by atoms with Crippen LogP contribution in [0.4, 0.5) is 0 Å². The lowest BCUT2D eigenvalue weighted by molar-refractivity contribution is -0.0160. The van der Waals surface area contributed by atoms with Crippen LogP contribution in [0.1, 0.15) is 13.8 Å². The van der Waals surface area contributed by atoms with E-state index in [1.807, 2.05) is 0 Å². The number of ether oxygens (including phenoxy) is 1. The molecule has 1 aliphatic heterocycles. The Morgan fingerprint density at radius 2 is 2.38 bits per heavy atom. The van der Waals surface area contributed by atoms with Gasteiger partial charge in [0, 0.05) is 26.2 Å². The van der Waals surface area contributed by atoms with E-state index in [-0.39, 0.29) is 6.10 Å². The molecule has 0 aromatic heterocycles. The van der Waals surface area contributed by atoms with E-state index >= 15 is 0 Å². The van der Waals surface area contributed by atoms with Crippen molar-refractivity contribution >= 4 is 5.96 Å². The highest BCUT2D eigenvalue weighted by atomic mass is 16.5. The number of nitrogens with two attached hydrogens (primary N) is 1.